The number of fused-ring (bicyclic) bond motifs is 15. The summed E-state index contributed by atoms with van der Waals surface area (Å²) in [5, 5.41) is 24.3. The Morgan fingerprint density at radius 2 is 0.614 bits per heavy atom. The Morgan fingerprint density at radius 1 is 0.301 bits per heavy atom. The third-order valence-corrected chi connectivity index (χ3v) is 17.6. The summed E-state index contributed by atoms with van der Waals surface area (Å²) in [7, 11) is 0. The maximum Gasteiger partial charge on any atom is 0.145 e. The van der Waals surface area contributed by atoms with Gasteiger partial charge in [0.25, 0.3) is 0 Å². The van der Waals surface area contributed by atoms with Crippen molar-refractivity contribution < 1.29 is 0 Å². The molecule has 6 aromatic heterocycles. The monoisotopic (exact) mass is 1060 g/mol. The molecule has 0 saturated carbocycles. The van der Waals surface area contributed by atoms with Crippen molar-refractivity contribution in [3.8, 4) is 45.6 Å². The number of hydrogen-bond donors (Lipinski definition) is 0. The Bertz CT molecular complexity index is 5370. The molecular formula is C76H51N7. The van der Waals surface area contributed by atoms with Crippen LogP contribution in [0.15, 0.2) is 237 Å². The lowest BCUT2D eigenvalue weighted by Gasteiger charge is -2.29. The Hall–Kier alpha value is -10.9. The van der Waals surface area contributed by atoms with E-state index in [4.69, 9.17) is 4.98 Å². The number of nitrogens with zero attached hydrogens (tertiary/aromatic N) is 7. The SMILES string of the molecule is Cc1ccc2c(c1)c1ccccc1n2-c1c(C#N)c(-n2c3ccccc3c3cc(C)ccc32)c(-n2c3ccccc3c3cc(C)ccc32)c(-c2ccc(-n3c4ccccc4c4cccnc43)cc2)c1-n1c2ccccc2c2cc(C)ccc21. The fourth-order valence-corrected chi connectivity index (χ4v) is 14.1. The first-order valence-corrected chi connectivity index (χ1v) is 28.4. The van der Waals surface area contributed by atoms with Gasteiger partial charge in [0, 0.05) is 71.3 Å². The fourth-order valence-electron chi connectivity index (χ4n) is 14.1. The molecule has 0 fully saturated rings. The molecule has 0 amide bonds. The van der Waals surface area contributed by atoms with Crippen LogP contribution in [-0.2, 0) is 0 Å². The van der Waals surface area contributed by atoms with Crippen LogP contribution < -0.4 is 0 Å². The normalized spacial score (nSPS) is 12.1. The molecule has 0 spiro atoms. The second-order valence-electron chi connectivity index (χ2n) is 22.5. The number of benzene rings is 11. The number of pyridine rings is 1. The topological polar surface area (TPSA) is 61.3 Å². The molecule has 83 heavy (non-hydrogen) atoms. The van der Waals surface area contributed by atoms with E-state index in [0.29, 0.717) is 5.56 Å². The van der Waals surface area contributed by atoms with Crippen LogP contribution in [0, 0.1) is 39.0 Å². The summed E-state index contributed by atoms with van der Waals surface area (Å²) in [6.45, 7) is 8.68. The summed E-state index contributed by atoms with van der Waals surface area (Å²) in [5.41, 5.74) is 21.6. The second kappa shape index (κ2) is 17.5. The van der Waals surface area contributed by atoms with Crippen LogP contribution in [0.3, 0.4) is 0 Å². The highest BCUT2D eigenvalue weighted by molar-refractivity contribution is 6.18. The quantitative estimate of drug-likeness (QED) is 0.167. The van der Waals surface area contributed by atoms with Gasteiger partial charge in [0.05, 0.1) is 72.4 Å². The number of hydrogen-bond acceptors (Lipinski definition) is 2. The maximum absolute atomic E-state index is 13.0. The van der Waals surface area contributed by atoms with Crippen LogP contribution in [0.4, 0.5) is 0 Å². The van der Waals surface area contributed by atoms with E-state index in [2.05, 4.69) is 281 Å². The van der Waals surface area contributed by atoms with Gasteiger partial charge in [-0.25, -0.2) is 4.98 Å². The molecule has 0 saturated heterocycles. The lowest BCUT2D eigenvalue weighted by atomic mass is 9.93. The smallest absolute Gasteiger partial charge is 0.145 e. The molecule has 390 valence electrons. The zero-order chi connectivity index (χ0) is 55.4. The van der Waals surface area contributed by atoms with Crippen LogP contribution >= 0.6 is 0 Å². The summed E-state index contributed by atoms with van der Waals surface area (Å²) in [6, 6.07) is 87.3. The number of nitriles is 1. The molecule has 6 heterocycles. The first-order chi connectivity index (χ1) is 40.8. The summed E-state index contributed by atoms with van der Waals surface area (Å²) in [5.74, 6) is 0. The van der Waals surface area contributed by atoms with Crippen LogP contribution in [0.25, 0.3) is 149 Å². The minimum absolute atomic E-state index is 0.536. The highest BCUT2D eigenvalue weighted by atomic mass is 15.1. The molecule has 17 aromatic rings. The molecule has 17 rings (SSSR count). The van der Waals surface area contributed by atoms with Crippen LogP contribution in [0.1, 0.15) is 27.8 Å². The Labute approximate surface area is 477 Å². The van der Waals surface area contributed by atoms with Crippen LogP contribution in [-0.4, -0.2) is 27.8 Å². The number of para-hydroxylation sites is 5. The number of rotatable bonds is 6. The zero-order valence-electron chi connectivity index (χ0n) is 46.1. The molecule has 0 aliphatic carbocycles. The van der Waals surface area contributed by atoms with Crippen molar-refractivity contribution in [3.63, 3.8) is 0 Å². The van der Waals surface area contributed by atoms with Crippen molar-refractivity contribution in [2.45, 2.75) is 27.7 Å². The van der Waals surface area contributed by atoms with Gasteiger partial charge in [-0.05, 0) is 136 Å². The van der Waals surface area contributed by atoms with E-state index in [-0.39, 0.29) is 0 Å². The molecular weight excluding hydrogens is 1010 g/mol. The van der Waals surface area contributed by atoms with Crippen molar-refractivity contribution >= 4 is 109 Å². The van der Waals surface area contributed by atoms with E-state index in [1.807, 2.05) is 12.3 Å². The van der Waals surface area contributed by atoms with E-state index >= 15 is 0 Å². The van der Waals surface area contributed by atoms with E-state index in [0.717, 1.165) is 160 Å². The Kier molecular flexibility index (Phi) is 9.91. The molecule has 0 unspecified atom stereocenters. The highest BCUT2D eigenvalue weighted by Crippen LogP contribution is 2.52. The third-order valence-electron chi connectivity index (χ3n) is 17.6. The molecule has 0 N–H and O–H groups in total. The lowest BCUT2D eigenvalue weighted by Crippen LogP contribution is -2.16. The molecule has 0 radical (unpaired) electrons. The Balaban J connectivity index is 1.18. The number of aryl methyl sites for hydroxylation is 4. The van der Waals surface area contributed by atoms with Gasteiger partial charge in [-0.15, -0.1) is 0 Å². The van der Waals surface area contributed by atoms with E-state index in [1.165, 1.54) is 11.1 Å². The second-order valence-corrected chi connectivity index (χ2v) is 22.5. The van der Waals surface area contributed by atoms with Crippen molar-refractivity contribution in [2.75, 3.05) is 0 Å². The van der Waals surface area contributed by atoms with E-state index in [9.17, 15) is 5.26 Å². The Morgan fingerprint density at radius 3 is 0.988 bits per heavy atom. The first-order valence-electron chi connectivity index (χ1n) is 28.4. The molecule has 7 heteroatoms. The molecule has 0 aliphatic rings. The van der Waals surface area contributed by atoms with Crippen molar-refractivity contribution in [2.24, 2.45) is 0 Å². The van der Waals surface area contributed by atoms with Gasteiger partial charge < -0.3 is 18.3 Å². The summed E-state index contributed by atoms with van der Waals surface area (Å²) in [6.07, 6.45) is 1.89. The maximum atomic E-state index is 13.0. The standard InChI is InChI=1S/C76H51N7/c1-45-27-35-67-57(40-45)52-17-6-11-23-63(52)80(67)72-61(44-77)73(81-64-24-12-7-18-53(64)58-41-46(2)28-36-68(58)81)75(83-66-26-14-9-20-55(66)60-43-48(4)30-38-70(60)83)71(74(72)82-65-25-13-8-19-54(65)59-42-47(3)29-37-69(59)82)49-31-33-50(34-32-49)79-62-22-10-5-16-51(62)56-21-15-39-78-76(56)79/h5-43H,1-4H3. The fraction of sp³-hybridized carbons (Fsp3) is 0.0526. The average Bonchev–Trinajstić information content (AvgIpc) is 2.09. The van der Waals surface area contributed by atoms with Crippen LogP contribution in [0.5, 0.6) is 0 Å². The van der Waals surface area contributed by atoms with Gasteiger partial charge in [0.15, 0.2) is 0 Å². The third kappa shape index (κ3) is 6.57. The van der Waals surface area contributed by atoms with E-state index in [1.54, 1.807) is 0 Å². The highest BCUT2D eigenvalue weighted by Gasteiger charge is 2.35. The molecule has 0 bridgehead atoms. The van der Waals surface area contributed by atoms with Crippen LogP contribution in [0.2, 0.25) is 0 Å². The zero-order valence-corrected chi connectivity index (χ0v) is 46.1. The molecule has 0 aliphatic heterocycles. The number of aromatic nitrogens is 6. The van der Waals surface area contributed by atoms with Gasteiger partial charge in [-0.1, -0.05) is 150 Å². The average molecular weight is 1060 g/mol. The molecule has 11 aromatic carbocycles. The van der Waals surface area contributed by atoms with Gasteiger partial charge in [-0.3, -0.25) is 4.57 Å². The van der Waals surface area contributed by atoms with Gasteiger partial charge in [0.2, 0.25) is 0 Å². The predicted octanol–water partition coefficient (Wildman–Crippen LogP) is 19.3. The predicted molar refractivity (Wildman–Crippen MR) is 345 cm³/mol. The van der Waals surface area contributed by atoms with Gasteiger partial charge in [0.1, 0.15) is 17.3 Å². The first kappa shape index (κ1) is 46.9. The van der Waals surface area contributed by atoms with Crippen molar-refractivity contribution in [1.29, 1.82) is 5.26 Å². The summed E-state index contributed by atoms with van der Waals surface area (Å²) < 4.78 is 12.1. The van der Waals surface area contributed by atoms with Gasteiger partial charge >= 0.3 is 0 Å². The van der Waals surface area contributed by atoms with Crippen molar-refractivity contribution in [3.05, 3.63) is 265 Å². The van der Waals surface area contributed by atoms with E-state index < -0.39 is 0 Å². The summed E-state index contributed by atoms with van der Waals surface area (Å²) >= 11 is 0. The minimum Gasteiger partial charge on any atom is -0.306 e. The van der Waals surface area contributed by atoms with Crippen molar-refractivity contribution in [1.82, 2.24) is 27.8 Å². The van der Waals surface area contributed by atoms with Gasteiger partial charge in [-0.2, -0.15) is 5.26 Å². The lowest BCUT2D eigenvalue weighted by molar-refractivity contribution is 1.04. The molecule has 0 atom stereocenters. The minimum atomic E-state index is 0.536. The largest absolute Gasteiger partial charge is 0.306 e. The molecule has 7 nitrogen and oxygen atoms in total. The summed E-state index contributed by atoms with van der Waals surface area (Å²) in [4.78, 5) is 5.03.